The molecule has 0 unspecified atom stereocenters. The average Bonchev–Trinajstić information content (AvgIpc) is 3.57. The molecule has 0 amide bonds. The number of unbranched alkanes of at least 4 members (excludes halogenated alkanes) is 30. The van der Waals surface area contributed by atoms with E-state index in [1.165, 1.54) is 173 Å². The standard InChI is InChI=1S/C51H97O4P.C26H34O3/c1-9-11-13-15-17-19-21-23-25-27-29-31-33-35-37-39-41-51(56(53,54)55,45-43-46(49(3,4)5)48(52)47(44-45)50(6,7)8)42-40-38-36-34-32-30-28-26-24-22-20-18-16-14-12-10-2;1-10-22(27)29-24-19(12-17(3)14-21(24)26(7,8)9)15-18-11-16(2)13-20(23(18)28)25(4,5)6/h43-44,52H,9-42H2,1-8H3,(H2,53,54,55);10-14,28H,1,15H2,2-9H3. The molecule has 0 bridgehead atoms. The van der Waals surface area contributed by atoms with Gasteiger partial charge >= 0.3 is 13.6 Å². The first-order valence-electron chi connectivity index (χ1n) is 34.6. The fourth-order valence-electron chi connectivity index (χ4n) is 12.4. The molecule has 0 aromatic heterocycles. The monoisotopic (exact) mass is 1200 g/mol. The Kier molecular flexibility index (Phi) is 35.6. The van der Waals surface area contributed by atoms with Crippen LogP contribution in [0.3, 0.4) is 0 Å². The van der Waals surface area contributed by atoms with Gasteiger partial charge in [0.2, 0.25) is 0 Å². The molecule has 0 atom stereocenters. The van der Waals surface area contributed by atoms with E-state index in [0.717, 1.165) is 88.6 Å². The summed E-state index contributed by atoms with van der Waals surface area (Å²) < 4.78 is 19.6. The first-order valence-corrected chi connectivity index (χ1v) is 36.2. The molecule has 486 valence electrons. The topological polar surface area (TPSA) is 124 Å². The molecule has 0 aliphatic carbocycles. The highest BCUT2D eigenvalue weighted by Crippen LogP contribution is 2.63. The van der Waals surface area contributed by atoms with Crippen LogP contribution in [-0.2, 0) is 42.6 Å². The van der Waals surface area contributed by atoms with Crippen LogP contribution in [-0.4, -0.2) is 26.0 Å². The Bertz CT molecular complexity index is 2340. The second kappa shape index (κ2) is 38.9. The lowest BCUT2D eigenvalue weighted by Gasteiger charge is -2.38. The summed E-state index contributed by atoms with van der Waals surface area (Å²) in [6.45, 7) is 37.2. The maximum Gasteiger partial charge on any atom is 0.335 e. The van der Waals surface area contributed by atoms with Crippen LogP contribution in [0.4, 0.5) is 0 Å². The van der Waals surface area contributed by atoms with Gasteiger partial charge in [-0.2, -0.15) is 0 Å². The van der Waals surface area contributed by atoms with Crippen molar-refractivity contribution in [2.75, 3.05) is 0 Å². The van der Waals surface area contributed by atoms with E-state index in [0.29, 0.717) is 30.8 Å². The lowest BCUT2D eigenvalue weighted by atomic mass is 9.75. The predicted molar refractivity (Wildman–Crippen MR) is 368 cm³/mol. The van der Waals surface area contributed by atoms with Gasteiger partial charge in [-0.05, 0) is 81.7 Å². The van der Waals surface area contributed by atoms with Gasteiger partial charge in [0.15, 0.2) is 0 Å². The highest BCUT2D eigenvalue weighted by Gasteiger charge is 2.48. The van der Waals surface area contributed by atoms with Crippen LogP contribution in [0, 0.1) is 13.8 Å². The molecule has 85 heavy (non-hydrogen) atoms. The molecule has 0 aliphatic heterocycles. The lowest BCUT2D eigenvalue weighted by molar-refractivity contribution is -0.129. The summed E-state index contributed by atoms with van der Waals surface area (Å²) >= 11 is 0. The molecule has 7 nitrogen and oxygen atoms in total. The number of aryl methyl sites for hydroxylation is 2. The number of rotatable bonds is 40. The molecular formula is C77H131O7P. The molecule has 3 rings (SSSR count). The van der Waals surface area contributed by atoms with Crippen LogP contribution in [0.2, 0.25) is 0 Å². The minimum absolute atomic E-state index is 0.174. The molecule has 0 heterocycles. The second-order valence-corrected chi connectivity index (χ2v) is 32.0. The Morgan fingerprint density at radius 2 is 0.718 bits per heavy atom. The van der Waals surface area contributed by atoms with Crippen LogP contribution < -0.4 is 4.74 Å². The molecule has 0 saturated carbocycles. The fraction of sp³-hybridized carbons (Fsp3) is 0.727. The van der Waals surface area contributed by atoms with Crippen LogP contribution >= 0.6 is 7.60 Å². The van der Waals surface area contributed by atoms with Crippen molar-refractivity contribution < 1.29 is 34.1 Å². The third kappa shape index (κ3) is 28.8. The molecule has 3 aromatic carbocycles. The van der Waals surface area contributed by atoms with Gasteiger partial charge in [0.1, 0.15) is 17.2 Å². The number of carbonyl (C=O) groups excluding carboxylic acids is 1. The number of esters is 1. The average molecular weight is 1200 g/mol. The van der Waals surface area contributed by atoms with Crippen molar-refractivity contribution in [2.24, 2.45) is 0 Å². The first-order chi connectivity index (χ1) is 39.8. The molecule has 3 aromatic rings. The quantitative estimate of drug-likeness (QED) is 0.0147. The highest BCUT2D eigenvalue weighted by molar-refractivity contribution is 7.53. The van der Waals surface area contributed by atoms with Gasteiger partial charge in [0.25, 0.3) is 0 Å². The van der Waals surface area contributed by atoms with Crippen molar-refractivity contribution in [3.63, 3.8) is 0 Å². The van der Waals surface area contributed by atoms with Crippen molar-refractivity contribution in [3.8, 4) is 17.2 Å². The number of carbonyl (C=O) groups is 1. The third-order valence-corrected chi connectivity index (χ3v) is 19.5. The number of ether oxygens (including phenoxy) is 1. The van der Waals surface area contributed by atoms with E-state index in [9.17, 15) is 29.4 Å². The summed E-state index contributed by atoms with van der Waals surface area (Å²) in [6, 6.07) is 12.0. The fourth-order valence-corrected chi connectivity index (χ4v) is 13.8. The van der Waals surface area contributed by atoms with Crippen LogP contribution in [0.1, 0.15) is 365 Å². The smallest absolute Gasteiger partial charge is 0.335 e. The first kappa shape index (κ1) is 77.7. The predicted octanol–water partition coefficient (Wildman–Crippen LogP) is 23.9. The van der Waals surface area contributed by atoms with Crippen molar-refractivity contribution in [1.82, 2.24) is 0 Å². The maximum atomic E-state index is 13.9. The minimum atomic E-state index is -4.55. The number of aromatic hydroxyl groups is 2. The SMILES string of the molecule is C=CC(=O)Oc1c(Cc2cc(C)cc(C(C)(C)C)c2O)cc(C)cc1C(C)(C)C.CCCCCCCCCCCCCCCCCCC(CCCCCCCCCCCCCCCCCC)(c1cc(C(C)(C)C)c(O)c(C(C)(C)C)c1)P(=O)(O)O. The van der Waals surface area contributed by atoms with Gasteiger partial charge in [-0.1, -0.05) is 357 Å². The zero-order valence-corrected chi connectivity index (χ0v) is 58.9. The van der Waals surface area contributed by atoms with Crippen molar-refractivity contribution >= 4 is 13.6 Å². The zero-order valence-electron chi connectivity index (χ0n) is 58.0. The molecule has 0 radical (unpaired) electrons. The van der Waals surface area contributed by atoms with Gasteiger partial charge in [-0.25, -0.2) is 4.79 Å². The highest BCUT2D eigenvalue weighted by atomic mass is 31.2. The van der Waals surface area contributed by atoms with E-state index in [4.69, 9.17) is 4.74 Å². The van der Waals surface area contributed by atoms with Crippen LogP contribution in [0.25, 0.3) is 0 Å². The normalized spacial score (nSPS) is 12.6. The Balaban J connectivity index is 0.000000707. The molecule has 0 aliphatic rings. The molecule has 4 N–H and O–H groups in total. The summed E-state index contributed by atoms with van der Waals surface area (Å²) in [6.07, 6.45) is 43.7. The summed E-state index contributed by atoms with van der Waals surface area (Å²) in [5.41, 5.74) is 6.99. The Hall–Kier alpha value is -3.38. The number of hydrogen-bond acceptors (Lipinski definition) is 5. The lowest BCUT2D eigenvalue weighted by Crippen LogP contribution is -2.29. The van der Waals surface area contributed by atoms with Gasteiger partial charge in [0, 0.05) is 18.1 Å². The summed E-state index contributed by atoms with van der Waals surface area (Å²) in [4.78, 5) is 34.7. The summed E-state index contributed by atoms with van der Waals surface area (Å²) in [7, 11) is -4.55. The molecule has 8 heteroatoms. The van der Waals surface area contributed by atoms with E-state index in [1.807, 2.05) is 44.2 Å². The summed E-state index contributed by atoms with van der Waals surface area (Å²) in [5, 5.41) is 21.3. The van der Waals surface area contributed by atoms with E-state index >= 15 is 0 Å². The third-order valence-electron chi connectivity index (χ3n) is 17.7. The van der Waals surface area contributed by atoms with Gasteiger partial charge in [-0.3, -0.25) is 4.57 Å². The van der Waals surface area contributed by atoms with E-state index in [1.54, 1.807) is 0 Å². The van der Waals surface area contributed by atoms with E-state index < -0.39 is 18.7 Å². The molecule has 0 saturated heterocycles. The Morgan fingerprint density at radius 3 is 1.01 bits per heavy atom. The summed E-state index contributed by atoms with van der Waals surface area (Å²) in [5.74, 6) is 0.664. The minimum Gasteiger partial charge on any atom is -0.507 e. The van der Waals surface area contributed by atoms with Crippen molar-refractivity contribution in [1.29, 1.82) is 0 Å². The number of benzene rings is 3. The van der Waals surface area contributed by atoms with E-state index in [2.05, 4.69) is 110 Å². The number of phenolic OH excluding ortho intramolecular Hbond substituents is 2. The van der Waals surface area contributed by atoms with Crippen molar-refractivity contribution in [3.05, 3.63) is 99.1 Å². The van der Waals surface area contributed by atoms with Gasteiger partial charge < -0.3 is 24.7 Å². The van der Waals surface area contributed by atoms with E-state index in [-0.39, 0.29) is 27.4 Å². The van der Waals surface area contributed by atoms with Crippen LogP contribution in [0.5, 0.6) is 17.2 Å². The van der Waals surface area contributed by atoms with Crippen molar-refractivity contribution in [2.45, 2.75) is 362 Å². The molecule has 0 spiro atoms. The zero-order chi connectivity index (χ0) is 63.9. The number of hydrogen-bond donors (Lipinski definition) is 4. The Labute approximate surface area is 523 Å². The van der Waals surface area contributed by atoms with Crippen LogP contribution in [0.15, 0.2) is 49.1 Å². The Morgan fingerprint density at radius 1 is 0.435 bits per heavy atom. The second-order valence-electron chi connectivity index (χ2n) is 30.0. The van der Waals surface area contributed by atoms with Gasteiger partial charge in [-0.15, -0.1) is 0 Å². The molecule has 0 fully saturated rings. The maximum absolute atomic E-state index is 13.9. The molecular weight excluding hydrogens is 1070 g/mol. The number of phenols is 2. The van der Waals surface area contributed by atoms with Gasteiger partial charge in [0.05, 0.1) is 5.16 Å². The largest absolute Gasteiger partial charge is 0.507 e.